The summed E-state index contributed by atoms with van der Waals surface area (Å²) < 4.78 is 0. The van der Waals surface area contributed by atoms with Gasteiger partial charge in [-0.3, -0.25) is 0 Å². The Bertz CT molecular complexity index is 610. The van der Waals surface area contributed by atoms with E-state index in [1.165, 1.54) is 16.7 Å². The molecule has 3 heteroatoms. The first kappa shape index (κ1) is 14.5. The van der Waals surface area contributed by atoms with Gasteiger partial charge in [-0.25, -0.2) is 9.97 Å². The number of nitrogens with one attached hydrogen (secondary N) is 1. The average molecular weight is 269 g/mol. The van der Waals surface area contributed by atoms with E-state index in [-0.39, 0.29) is 0 Å². The molecule has 0 saturated carbocycles. The molecule has 2 aromatic rings. The third kappa shape index (κ3) is 2.82. The Balaban J connectivity index is 2.68. The van der Waals surface area contributed by atoms with Crippen molar-refractivity contribution in [1.82, 2.24) is 9.97 Å². The Labute approximate surface area is 121 Å². The molecule has 2 rings (SSSR count). The van der Waals surface area contributed by atoms with Gasteiger partial charge in [-0.15, -0.1) is 0 Å². The van der Waals surface area contributed by atoms with E-state index < -0.39 is 0 Å². The Morgan fingerprint density at radius 2 is 1.55 bits per heavy atom. The van der Waals surface area contributed by atoms with E-state index in [9.17, 15) is 0 Å². The first-order valence-electron chi connectivity index (χ1n) is 7.07. The fraction of sp³-hybridized carbons (Fsp3) is 0.412. The van der Waals surface area contributed by atoms with Gasteiger partial charge in [0.15, 0.2) is 0 Å². The van der Waals surface area contributed by atoms with Gasteiger partial charge in [0.05, 0.1) is 5.69 Å². The minimum Gasteiger partial charge on any atom is -0.373 e. The highest BCUT2D eigenvalue weighted by molar-refractivity contribution is 5.69. The smallest absolute Gasteiger partial charge is 0.133 e. The highest BCUT2D eigenvalue weighted by Gasteiger charge is 2.14. The van der Waals surface area contributed by atoms with Crippen LogP contribution in [-0.4, -0.2) is 17.0 Å². The van der Waals surface area contributed by atoms with Gasteiger partial charge in [0.2, 0.25) is 0 Å². The van der Waals surface area contributed by atoms with Gasteiger partial charge >= 0.3 is 0 Å². The second kappa shape index (κ2) is 5.61. The molecule has 0 aliphatic heterocycles. The van der Waals surface area contributed by atoms with Crippen molar-refractivity contribution in [2.24, 2.45) is 0 Å². The zero-order chi connectivity index (χ0) is 14.9. The van der Waals surface area contributed by atoms with E-state index in [2.05, 4.69) is 63.1 Å². The number of aromatic nitrogens is 2. The fourth-order valence-electron chi connectivity index (χ4n) is 2.43. The molecule has 0 aliphatic carbocycles. The summed E-state index contributed by atoms with van der Waals surface area (Å²) in [5, 5.41) is 3.18. The SMILES string of the molecule is CNc1nc(C(C)C)nc(-c2cc(C)cc(C)c2)c1C. The van der Waals surface area contributed by atoms with Crippen molar-refractivity contribution in [1.29, 1.82) is 0 Å². The lowest BCUT2D eigenvalue weighted by atomic mass is 10.0. The fourth-order valence-corrected chi connectivity index (χ4v) is 2.43. The lowest BCUT2D eigenvalue weighted by Crippen LogP contribution is -2.06. The van der Waals surface area contributed by atoms with Crippen molar-refractivity contribution < 1.29 is 0 Å². The van der Waals surface area contributed by atoms with Crippen LogP contribution in [0.3, 0.4) is 0 Å². The lowest BCUT2D eigenvalue weighted by Gasteiger charge is -2.15. The summed E-state index contributed by atoms with van der Waals surface area (Å²) in [6.45, 7) is 10.6. The predicted molar refractivity (Wildman–Crippen MR) is 85.3 cm³/mol. The molecule has 0 aliphatic rings. The molecule has 0 atom stereocenters. The van der Waals surface area contributed by atoms with Crippen molar-refractivity contribution >= 4 is 5.82 Å². The van der Waals surface area contributed by atoms with Crippen LogP contribution >= 0.6 is 0 Å². The molecule has 0 spiro atoms. The molecule has 0 fully saturated rings. The number of hydrogen-bond donors (Lipinski definition) is 1. The number of rotatable bonds is 3. The van der Waals surface area contributed by atoms with Gasteiger partial charge in [0.1, 0.15) is 11.6 Å². The Kier molecular flexibility index (Phi) is 4.07. The third-order valence-electron chi connectivity index (χ3n) is 3.41. The van der Waals surface area contributed by atoms with E-state index >= 15 is 0 Å². The number of benzene rings is 1. The molecule has 1 aromatic carbocycles. The molecule has 1 N–H and O–H groups in total. The van der Waals surface area contributed by atoms with E-state index in [1.807, 2.05) is 7.05 Å². The molecule has 0 bridgehead atoms. The molecular weight excluding hydrogens is 246 g/mol. The van der Waals surface area contributed by atoms with Gasteiger partial charge in [-0.2, -0.15) is 0 Å². The van der Waals surface area contributed by atoms with E-state index in [0.717, 1.165) is 22.9 Å². The van der Waals surface area contributed by atoms with Crippen molar-refractivity contribution in [3.8, 4) is 11.3 Å². The van der Waals surface area contributed by atoms with Crippen LogP contribution in [0.1, 0.15) is 42.3 Å². The topological polar surface area (TPSA) is 37.8 Å². The average Bonchev–Trinajstić information content (AvgIpc) is 2.37. The van der Waals surface area contributed by atoms with Crippen molar-refractivity contribution in [2.45, 2.75) is 40.5 Å². The molecule has 0 radical (unpaired) electrons. The Morgan fingerprint density at radius 3 is 2.05 bits per heavy atom. The number of nitrogens with zero attached hydrogens (tertiary/aromatic N) is 2. The summed E-state index contributed by atoms with van der Waals surface area (Å²) in [4.78, 5) is 9.38. The number of aryl methyl sites for hydroxylation is 2. The van der Waals surface area contributed by atoms with Crippen LogP contribution < -0.4 is 5.32 Å². The summed E-state index contributed by atoms with van der Waals surface area (Å²) >= 11 is 0. The summed E-state index contributed by atoms with van der Waals surface area (Å²) in [6.07, 6.45) is 0. The Morgan fingerprint density at radius 1 is 0.950 bits per heavy atom. The first-order valence-corrected chi connectivity index (χ1v) is 7.07. The molecule has 0 saturated heterocycles. The zero-order valence-corrected chi connectivity index (χ0v) is 13.2. The van der Waals surface area contributed by atoms with Gasteiger partial charge < -0.3 is 5.32 Å². The normalized spacial score (nSPS) is 10.9. The van der Waals surface area contributed by atoms with Crippen LogP contribution in [-0.2, 0) is 0 Å². The highest BCUT2D eigenvalue weighted by atomic mass is 15.0. The van der Waals surface area contributed by atoms with Crippen LogP contribution in [0, 0.1) is 20.8 Å². The van der Waals surface area contributed by atoms with Gasteiger partial charge in [-0.05, 0) is 32.9 Å². The second-order valence-electron chi connectivity index (χ2n) is 5.69. The maximum absolute atomic E-state index is 4.78. The third-order valence-corrected chi connectivity index (χ3v) is 3.41. The lowest BCUT2D eigenvalue weighted by molar-refractivity contribution is 0.775. The van der Waals surface area contributed by atoms with Gasteiger partial charge in [-0.1, -0.05) is 31.0 Å². The van der Waals surface area contributed by atoms with Crippen molar-refractivity contribution in [3.63, 3.8) is 0 Å². The second-order valence-corrected chi connectivity index (χ2v) is 5.69. The Hall–Kier alpha value is -1.90. The van der Waals surface area contributed by atoms with Crippen LogP contribution in [0.15, 0.2) is 18.2 Å². The number of hydrogen-bond acceptors (Lipinski definition) is 3. The number of anilines is 1. The standard InChI is InChI=1S/C17H23N3/c1-10(2)16-19-15(13(5)17(18-6)20-16)14-8-11(3)7-12(4)9-14/h7-10H,1-6H3,(H,18,19,20). The quantitative estimate of drug-likeness (QED) is 0.906. The van der Waals surface area contributed by atoms with Crippen LogP contribution in [0.2, 0.25) is 0 Å². The monoisotopic (exact) mass is 269 g/mol. The molecule has 3 nitrogen and oxygen atoms in total. The summed E-state index contributed by atoms with van der Waals surface area (Å²) in [6, 6.07) is 6.56. The van der Waals surface area contributed by atoms with Crippen LogP contribution in [0.5, 0.6) is 0 Å². The molecule has 1 aromatic heterocycles. The highest BCUT2D eigenvalue weighted by Crippen LogP contribution is 2.28. The zero-order valence-electron chi connectivity index (χ0n) is 13.2. The minimum atomic E-state index is 0.312. The van der Waals surface area contributed by atoms with E-state index in [1.54, 1.807) is 0 Å². The van der Waals surface area contributed by atoms with Crippen LogP contribution in [0.25, 0.3) is 11.3 Å². The van der Waals surface area contributed by atoms with Crippen molar-refractivity contribution in [3.05, 3.63) is 40.7 Å². The van der Waals surface area contributed by atoms with E-state index in [4.69, 9.17) is 4.98 Å². The summed E-state index contributed by atoms with van der Waals surface area (Å²) in [7, 11) is 1.91. The summed E-state index contributed by atoms with van der Waals surface area (Å²) in [5.41, 5.74) is 5.81. The van der Waals surface area contributed by atoms with E-state index in [0.29, 0.717) is 5.92 Å². The predicted octanol–water partition coefficient (Wildman–Crippen LogP) is 4.23. The molecule has 1 heterocycles. The maximum Gasteiger partial charge on any atom is 0.133 e. The largest absolute Gasteiger partial charge is 0.373 e. The molecule has 0 unspecified atom stereocenters. The first-order chi connectivity index (χ1) is 9.42. The molecule has 106 valence electrons. The summed E-state index contributed by atoms with van der Waals surface area (Å²) in [5.74, 6) is 2.11. The molecule has 0 amide bonds. The van der Waals surface area contributed by atoms with Gasteiger partial charge in [0, 0.05) is 24.1 Å². The minimum absolute atomic E-state index is 0.312. The van der Waals surface area contributed by atoms with Crippen LogP contribution in [0.4, 0.5) is 5.82 Å². The molecule has 20 heavy (non-hydrogen) atoms. The van der Waals surface area contributed by atoms with Gasteiger partial charge in [0.25, 0.3) is 0 Å². The molecular formula is C17H23N3. The van der Waals surface area contributed by atoms with Crippen molar-refractivity contribution in [2.75, 3.05) is 12.4 Å². The maximum atomic E-state index is 4.78.